The molecule has 0 radical (unpaired) electrons. The zero-order chi connectivity index (χ0) is 6.69. The molecule has 2 unspecified atom stereocenters. The normalized spacial score (nSPS) is 36.7. The van der Waals surface area contributed by atoms with Crippen LogP contribution >= 0.6 is 11.8 Å². The maximum absolute atomic E-state index is 9.20. The van der Waals surface area contributed by atoms with Gasteiger partial charge in [0.25, 0.3) is 0 Å². The van der Waals surface area contributed by atoms with Crippen molar-refractivity contribution in [2.45, 2.75) is 12.5 Å². The third-order valence-corrected chi connectivity index (χ3v) is 2.86. The predicted octanol–water partition coefficient (Wildman–Crippen LogP) is 0.0927. The summed E-state index contributed by atoms with van der Waals surface area (Å²) >= 11 is 1.81. The van der Waals surface area contributed by atoms with Crippen molar-refractivity contribution < 1.29 is 10.2 Å². The number of thioether (sulfide) groups is 1. The molecule has 0 amide bonds. The minimum atomic E-state index is -0.253. The van der Waals surface area contributed by atoms with Crippen molar-refractivity contribution in [1.82, 2.24) is 0 Å². The lowest BCUT2D eigenvalue weighted by atomic mass is 10.0. The van der Waals surface area contributed by atoms with E-state index in [1.54, 1.807) is 0 Å². The van der Waals surface area contributed by atoms with Crippen LogP contribution in [0.25, 0.3) is 0 Å². The van der Waals surface area contributed by atoms with Crippen LogP contribution in [0.3, 0.4) is 0 Å². The third-order valence-electron chi connectivity index (χ3n) is 1.67. The Bertz CT molecular complexity index is 87.1. The molecule has 9 heavy (non-hydrogen) atoms. The molecule has 1 aliphatic heterocycles. The van der Waals surface area contributed by atoms with Crippen molar-refractivity contribution in [3.8, 4) is 0 Å². The molecule has 1 fully saturated rings. The van der Waals surface area contributed by atoms with Gasteiger partial charge in [0.2, 0.25) is 0 Å². The second-order valence-electron chi connectivity index (χ2n) is 2.37. The summed E-state index contributed by atoms with van der Waals surface area (Å²) in [6, 6.07) is 0. The zero-order valence-corrected chi connectivity index (χ0v) is 6.10. The summed E-state index contributed by atoms with van der Waals surface area (Å²) in [6.45, 7) is 0.133. The molecule has 2 nitrogen and oxygen atoms in total. The van der Waals surface area contributed by atoms with E-state index in [9.17, 15) is 5.11 Å². The number of hydrogen-bond donors (Lipinski definition) is 2. The van der Waals surface area contributed by atoms with E-state index in [4.69, 9.17) is 5.11 Å². The fourth-order valence-electron chi connectivity index (χ4n) is 0.960. The van der Waals surface area contributed by atoms with Crippen LogP contribution in [-0.2, 0) is 0 Å². The lowest BCUT2D eigenvalue weighted by Gasteiger charge is -2.24. The van der Waals surface area contributed by atoms with E-state index >= 15 is 0 Å². The van der Waals surface area contributed by atoms with Gasteiger partial charge in [-0.2, -0.15) is 11.8 Å². The molecule has 0 aromatic carbocycles. The van der Waals surface area contributed by atoms with Gasteiger partial charge in [-0.15, -0.1) is 0 Å². The molecule has 0 aliphatic carbocycles. The van der Waals surface area contributed by atoms with Crippen molar-refractivity contribution in [2.24, 2.45) is 5.92 Å². The van der Waals surface area contributed by atoms with Crippen molar-refractivity contribution in [1.29, 1.82) is 0 Å². The largest absolute Gasteiger partial charge is 0.396 e. The summed E-state index contributed by atoms with van der Waals surface area (Å²) in [5.41, 5.74) is 0. The Balaban J connectivity index is 2.30. The maximum Gasteiger partial charge on any atom is 0.0606 e. The quantitative estimate of drug-likeness (QED) is 0.554. The number of aliphatic hydroxyl groups is 2. The van der Waals surface area contributed by atoms with Gasteiger partial charge in [-0.1, -0.05) is 0 Å². The summed E-state index contributed by atoms with van der Waals surface area (Å²) < 4.78 is 0. The Labute approximate surface area is 59.3 Å². The van der Waals surface area contributed by atoms with Crippen LogP contribution in [0.2, 0.25) is 0 Å². The number of hydrogen-bond acceptors (Lipinski definition) is 3. The second-order valence-corrected chi connectivity index (χ2v) is 3.52. The van der Waals surface area contributed by atoms with Crippen molar-refractivity contribution in [3.05, 3.63) is 0 Å². The van der Waals surface area contributed by atoms with Gasteiger partial charge in [-0.05, 0) is 12.2 Å². The van der Waals surface area contributed by atoms with Crippen molar-refractivity contribution in [3.63, 3.8) is 0 Å². The minimum Gasteiger partial charge on any atom is -0.396 e. The monoisotopic (exact) mass is 148 g/mol. The van der Waals surface area contributed by atoms with Crippen molar-refractivity contribution >= 4 is 11.8 Å². The van der Waals surface area contributed by atoms with Gasteiger partial charge in [0, 0.05) is 18.3 Å². The molecular formula is C6H12O2S. The molecular weight excluding hydrogens is 136 g/mol. The van der Waals surface area contributed by atoms with E-state index < -0.39 is 0 Å². The van der Waals surface area contributed by atoms with Crippen LogP contribution in [-0.4, -0.2) is 34.4 Å². The Hall–Kier alpha value is 0.270. The average molecular weight is 148 g/mol. The summed E-state index contributed by atoms with van der Waals surface area (Å²) in [5.74, 6) is 2.08. The highest BCUT2D eigenvalue weighted by molar-refractivity contribution is 7.99. The maximum atomic E-state index is 9.20. The van der Waals surface area contributed by atoms with Gasteiger partial charge in [-0.3, -0.25) is 0 Å². The summed E-state index contributed by atoms with van der Waals surface area (Å²) in [7, 11) is 0. The molecule has 0 bridgehead atoms. The fraction of sp³-hybridized carbons (Fsp3) is 1.00. The predicted molar refractivity (Wildman–Crippen MR) is 38.5 cm³/mol. The summed E-state index contributed by atoms with van der Waals surface area (Å²) in [6.07, 6.45) is 0.590. The van der Waals surface area contributed by atoms with E-state index in [1.165, 1.54) is 0 Å². The molecule has 2 atom stereocenters. The molecule has 0 saturated carbocycles. The van der Waals surface area contributed by atoms with E-state index in [2.05, 4.69) is 0 Å². The standard InChI is InChI=1S/C6H12O2S/c7-3-5-4-9-2-1-6(5)8/h5-8H,1-4H2. The van der Waals surface area contributed by atoms with Crippen LogP contribution in [0.1, 0.15) is 6.42 Å². The highest BCUT2D eigenvalue weighted by Crippen LogP contribution is 2.22. The van der Waals surface area contributed by atoms with Crippen LogP contribution < -0.4 is 0 Å². The molecule has 2 N–H and O–H groups in total. The molecule has 0 aromatic rings. The first kappa shape index (κ1) is 7.38. The van der Waals surface area contributed by atoms with E-state index in [-0.39, 0.29) is 18.6 Å². The number of aliphatic hydroxyl groups excluding tert-OH is 2. The summed E-state index contributed by atoms with van der Waals surface area (Å²) in [5, 5.41) is 17.9. The molecule has 0 spiro atoms. The third kappa shape index (κ3) is 1.85. The summed E-state index contributed by atoms with van der Waals surface area (Å²) in [4.78, 5) is 0. The molecule has 1 rings (SSSR count). The van der Waals surface area contributed by atoms with E-state index in [0.717, 1.165) is 17.9 Å². The zero-order valence-electron chi connectivity index (χ0n) is 5.29. The molecule has 3 heteroatoms. The average Bonchev–Trinajstić information content (AvgIpc) is 1.89. The first-order valence-electron chi connectivity index (χ1n) is 3.21. The molecule has 1 saturated heterocycles. The van der Waals surface area contributed by atoms with Gasteiger partial charge in [0.05, 0.1) is 6.10 Å². The Morgan fingerprint density at radius 3 is 2.78 bits per heavy atom. The van der Waals surface area contributed by atoms with Crippen LogP contribution in [0.4, 0.5) is 0 Å². The Morgan fingerprint density at radius 2 is 2.33 bits per heavy atom. The minimum absolute atomic E-state index is 0.128. The van der Waals surface area contributed by atoms with Crippen LogP contribution in [0.5, 0.6) is 0 Å². The lowest BCUT2D eigenvalue weighted by Crippen LogP contribution is -2.30. The van der Waals surface area contributed by atoms with Gasteiger partial charge in [0.15, 0.2) is 0 Å². The van der Waals surface area contributed by atoms with Gasteiger partial charge < -0.3 is 10.2 Å². The Morgan fingerprint density at radius 1 is 1.56 bits per heavy atom. The van der Waals surface area contributed by atoms with Gasteiger partial charge >= 0.3 is 0 Å². The topological polar surface area (TPSA) is 40.5 Å². The lowest BCUT2D eigenvalue weighted by molar-refractivity contribution is 0.0744. The van der Waals surface area contributed by atoms with E-state index in [0.29, 0.717) is 0 Å². The Kier molecular flexibility index (Phi) is 2.82. The molecule has 1 heterocycles. The first-order chi connectivity index (χ1) is 4.34. The first-order valence-corrected chi connectivity index (χ1v) is 4.36. The highest BCUT2D eigenvalue weighted by Gasteiger charge is 2.21. The second kappa shape index (κ2) is 3.44. The smallest absolute Gasteiger partial charge is 0.0606 e. The molecule has 54 valence electrons. The highest BCUT2D eigenvalue weighted by atomic mass is 32.2. The van der Waals surface area contributed by atoms with Gasteiger partial charge in [-0.25, -0.2) is 0 Å². The van der Waals surface area contributed by atoms with Crippen LogP contribution in [0.15, 0.2) is 0 Å². The molecule has 1 aliphatic rings. The van der Waals surface area contributed by atoms with Crippen molar-refractivity contribution in [2.75, 3.05) is 18.1 Å². The van der Waals surface area contributed by atoms with Crippen LogP contribution in [0, 0.1) is 5.92 Å². The molecule has 0 aromatic heterocycles. The van der Waals surface area contributed by atoms with E-state index in [1.807, 2.05) is 11.8 Å². The number of rotatable bonds is 1. The van der Waals surface area contributed by atoms with Gasteiger partial charge in [0.1, 0.15) is 0 Å². The SMILES string of the molecule is OCC1CSCCC1O. The fourth-order valence-corrected chi connectivity index (χ4v) is 2.17.